The van der Waals surface area contributed by atoms with Gasteiger partial charge in [0, 0.05) is 24.1 Å². The number of hydrogen-bond donors (Lipinski definition) is 0. The molecule has 3 heteroatoms. The van der Waals surface area contributed by atoms with Gasteiger partial charge < -0.3 is 4.90 Å². The molecular weight excluding hydrogens is 240 g/mol. The lowest BCUT2D eigenvalue weighted by molar-refractivity contribution is 0.742. The number of pyridine rings is 1. The summed E-state index contributed by atoms with van der Waals surface area (Å²) >= 11 is 3.52. The Hall–Kier alpha value is -0.570. The fourth-order valence-corrected chi connectivity index (χ4v) is 1.38. The molecule has 14 heavy (non-hydrogen) atoms. The second-order valence-corrected chi connectivity index (χ2v) is 5.14. The molecule has 0 saturated carbocycles. The van der Waals surface area contributed by atoms with Crippen molar-refractivity contribution in [3.8, 4) is 0 Å². The van der Waals surface area contributed by atoms with E-state index in [2.05, 4.69) is 65.8 Å². The van der Waals surface area contributed by atoms with Gasteiger partial charge in [0.25, 0.3) is 0 Å². The minimum Gasteiger partial charge on any atom is -0.357 e. The third-order valence-corrected chi connectivity index (χ3v) is 2.89. The largest absolute Gasteiger partial charge is 0.357 e. The molecule has 1 aromatic rings. The summed E-state index contributed by atoms with van der Waals surface area (Å²) < 4.78 is 0. The first-order valence-electron chi connectivity index (χ1n) is 4.85. The van der Waals surface area contributed by atoms with Gasteiger partial charge in [0.15, 0.2) is 0 Å². The highest BCUT2D eigenvalue weighted by atomic mass is 79.9. The number of nitrogens with zero attached hydrogens (tertiary/aromatic N) is 2. The molecule has 1 aromatic heterocycles. The first-order valence-corrected chi connectivity index (χ1v) is 5.76. The third kappa shape index (κ3) is 2.71. The minimum absolute atomic E-state index is 0.369. The Balaban J connectivity index is 2.83. The van der Waals surface area contributed by atoms with Crippen molar-refractivity contribution in [2.75, 3.05) is 11.9 Å². The SMILES string of the molecule is CC(C)N(C)c1ccc([C@@H](C)Br)cn1. The maximum atomic E-state index is 4.42. The van der Waals surface area contributed by atoms with Crippen LogP contribution < -0.4 is 4.90 Å². The van der Waals surface area contributed by atoms with Crippen molar-refractivity contribution in [3.63, 3.8) is 0 Å². The fraction of sp³-hybridized carbons (Fsp3) is 0.545. The number of rotatable bonds is 3. The number of halogens is 1. The fourth-order valence-electron chi connectivity index (χ4n) is 1.11. The van der Waals surface area contributed by atoms with Gasteiger partial charge >= 0.3 is 0 Å². The van der Waals surface area contributed by atoms with E-state index in [0.717, 1.165) is 5.82 Å². The summed E-state index contributed by atoms with van der Waals surface area (Å²) in [5.74, 6) is 1.02. The Morgan fingerprint density at radius 1 is 1.29 bits per heavy atom. The Morgan fingerprint density at radius 2 is 1.93 bits per heavy atom. The van der Waals surface area contributed by atoms with Crippen LogP contribution in [0.3, 0.4) is 0 Å². The van der Waals surface area contributed by atoms with E-state index in [0.29, 0.717) is 10.9 Å². The van der Waals surface area contributed by atoms with E-state index in [1.807, 2.05) is 6.20 Å². The molecule has 2 nitrogen and oxygen atoms in total. The molecule has 0 spiro atoms. The van der Waals surface area contributed by atoms with Crippen LogP contribution in [0.15, 0.2) is 18.3 Å². The topological polar surface area (TPSA) is 16.1 Å². The van der Waals surface area contributed by atoms with Gasteiger partial charge in [0.1, 0.15) is 5.82 Å². The molecule has 1 atom stereocenters. The monoisotopic (exact) mass is 256 g/mol. The summed E-state index contributed by atoms with van der Waals surface area (Å²) in [5.41, 5.74) is 1.21. The lowest BCUT2D eigenvalue weighted by atomic mass is 10.2. The first kappa shape index (κ1) is 11.5. The highest BCUT2D eigenvalue weighted by Gasteiger charge is 2.07. The van der Waals surface area contributed by atoms with E-state index in [1.165, 1.54) is 5.56 Å². The molecule has 0 aliphatic carbocycles. The van der Waals surface area contributed by atoms with Crippen molar-refractivity contribution < 1.29 is 0 Å². The Labute approximate surface area is 94.5 Å². The van der Waals surface area contributed by atoms with Gasteiger partial charge in [-0.25, -0.2) is 4.98 Å². The maximum absolute atomic E-state index is 4.42. The zero-order valence-electron chi connectivity index (χ0n) is 9.16. The molecule has 0 N–H and O–H groups in total. The lowest BCUT2D eigenvalue weighted by Gasteiger charge is -2.22. The molecular formula is C11H17BrN2. The predicted octanol–water partition coefficient (Wildman–Crippen LogP) is 3.38. The summed E-state index contributed by atoms with van der Waals surface area (Å²) in [6, 6.07) is 4.66. The zero-order chi connectivity index (χ0) is 10.7. The third-order valence-electron chi connectivity index (χ3n) is 2.37. The van der Waals surface area contributed by atoms with Crippen molar-refractivity contribution in [2.24, 2.45) is 0 Å². The van der Waals surface area contributed by atoms with E-state index >= 15 is 0 Å². The van der Waals surface area contributed by atoms with Crippen LogP contribution in [-0.2, 0) is 0 Å². The highest BCUT2D eigenvalue weighted by molar-refractivity contribution is 9.09. The quantitative estimate of drug-likeness (QED) is 0.771. The molecule has 78 valence electrons. The van der Waals surface area contributed by atoms with Crippen molar-refractivity contribution in [3.05, 3.63) is 23.9 Å². The van der Waals surface area contributed by atoms with Crippen molar-refractivity contribution in [1.29, 1.82) is 0 Å². The number of alkyl halides is 1. The lowest BCUT2D eigenvalue weighted by Crippen LogP contribution is -2.26. The normalized spacial score (nSPS) is 13.0. The van der Waals surface area contributed by atoms with Crippen molar-refractivity contribution in [2.45, 2.75) is 31.6 Å². The number of anilines is 1. The van der Waals surface area contributed by atoms with Crippen LogP contribution in [0.25, 0.3) is 0 Å². The molecule has 0 fully saturated rings. The molecule has 1 heterocycles. The second-order valence-electron chi connectivity index (χ2n) is 3.77. The molecule has 0 aromatic carbocycles. The highest BCUT2D eigenvalue weighted by Crippen LogP contribution is 2.22. The van der Waals surface area contributed by atoms with Gasteiger partial charge in [-0.05, 0) is 32.4 Å². The van der Waals surface area contributed by atoms with Gasteiger partial charge in [0.2, 0.25) is 0 Å². The van der Waals surface area contributed by atoms with Gasteiger partial charge in [-0.15, -0.1) is 0 Å². The molecule has 0 unspecified atom stereocenters. The predicted molar refractivity (Wildman–Crippen MR) is 65.1 cm³/mol. The van der Waals surface area contributed by atoms with Crippen LogP contribution in [0.1, 0.15) is 31.2 Å². The maximum Gasteiger partial charge on any atom is 0.128 e. The van der Waals surface area contributed by atoms with Crippen LogP contribution in [0.5, 0.6) is 0 Å². The molecule has 1 rings (SSSR count). The van der Waals surface area contributed by atoms with Crippen LogP contribution in [-0.4, -0.2) is 18.1 Å². The molecule has 0 saturated heterocycles. The summed E-state index contributed by atoms with van der Waals surface area (Å²) in [6.45, 7) is 6.41. The minimum atomic E-state index is 0.369. The summed E-state index contributed by atoms with van der Waals surface area (Å²) in [5, 5.41) is 0. The van der Waals surface area contributed by atoms with E-state index in [-0.39, 0.29) is 0 Å². The number of aromatic nitrogens is 1. The van der Waals surface area contributed by atoms with Crippen LogP contribution in [0.4, 0.5) is 5.82 Å². The second kappa shape index (κ2) is 4.78. The van der Waals surface area contributed by atoms with Gasteiger partial charge in [-0.2, -0.15) is 0 Å². The zero-order valence-corrected chi connectivity index (χ0v) is 10.7. The first-order chi connectivity index (χ1) is 6.52. The van der Waals surface area contributed by atoms with Crippen molar-refractivity contribution >= 4 is 21.7 Å². The molecule has 0 bridgehead atoms. The van der Waals surface area contributed by atoms with Crippen LogP contribution in [0, 0.1) is 0 Å². The van der Waals surface area contributed by atoms with E-state index in [1.54, 1.807) is 0 Å². The standard InChI is InChI=1S/C11H17BrN2/c1-8(2)14(4)11-6-5-10(7-13-11)9(3)12/h5-9H,1-4H3/t9-/m1/s1. The molecule has 0 amide bonds. The van der Waals surface area contributed by atoms with E-state index in [4.69, 9.17) is 0 Å². The van der Waals surface area contributed by atoms with Gasteiger partial charge in [0.05, 0.1) is 0 Å². The summed E-state index contributed by atoms with van der Waals surface area (Å²) in [7, 11) is 2.06. The van der Waals surface area contributed by atoms with Crippen LogP contribution >= 0.6 is 15.9 Å². The molecule has 0 radical (unpaired) electrons. The number of hydrogen-bond acceptors (Lipinski definition) is 2. The average molecular weight is 257 g/mol. The van der Waals surface area contributed by atoms with Crippen molar-refractivity contribution in [1.82, 2.24) is 4.98 Å². The molecule has 0 aliphatic rings. The van der Waals surface area contributed by atoms with E-state index in [9.17, 15) is 0 Å². The summed E-state index contributed by atoms with van der Waals surface area (Å²) in [6.07, 6.45) is 1.92. The summed E-state index contributed by atoms with van der Waals surface area (Å²) in [4.78, 5) is 6.94. The smallest absolute Gasteiger partial charge is 0.128 e. The average Bonchev–Trinajstić information content (AvgIpc) is 2.16. The Kier molecular flexibility index (Phi) is 3.93. The Morgan fingerprint density at radius 3 is 2.29 bits per heavy atom. The van der Waals surface area contributed by atoms with E-state index < -0.39 is 0 Å². The van der Waals surface area contributed by atoms with Gasteiger partial charge in [-0.3, -0.25) is 0 Å². The van der Waals surface area contributed by atoms with Gasteiger partial charge in [-0.1, -0.05) is 22.0 Å². The van der Waals surface area contributed by atoms with Crippen LogP contribution in [0.2, 0.25) is 0 Å². The molecule has 0 aliphatic heterocycles. The Bertz CT molecular complexity index is 280.